The Morgan fingerprint density at radius 2 is 1.80 bits per heavy atom. The van der Waals surface area contributed by atoms with Crippen LogP contribution in [-0.2, 0) is 20.9 Å². The number of alkyl carbamates (subject to hydrolysis) is 1. The molecule has 5 nitrogen and oxygen atoms in total. The first-order valence-corrected chi connectivity index (χ1v) is 8.90. The number of nitrogens with one attached hydrogen (secondary N) is 1. The summed E-state index contributed by atoms with van der Waals surface area (Å²) in [4.78, 5) is 24.6. The zero-order valence-corrected chi connectivity index (χ0v) is 16.0. The van der Waals surface area contributed by atoms with Gasteiger partial charge in [0.1, 0.15) is 11.6 Å². The predicted molar refractivity (Wildman–Crippen MR) is 98.4 cm³/mol. The molecule has 5 heteroatoms. The number of amides is 1. The number of hydrogen-bond donors (Lipinski definition) is 1. The van der Waals surface area contributed by atoms with Gasteiger partial charge in [0.15, 0.2) is 5.78 Å². The van der Waals surface area contributed by atoms with Crippen molar-refractivity contribution < 1.29 is 19.1 Å². The summed E-state index contributed by atoms with van der Waals surface area (Å²) in [6, 6.07) is 9.01. The summed E-state index contributed by atoms with van der Waals surface area (Å²) < 4.78 is 11.1. The molecule has 0 bridgehead atoms. The number of carbonyl (C=O) groups is 2. The molecule has 0 heterocycles. The molecule has 1 amide bonds. The van der Waals surface area contributed by atoms with Crippen molar-refractivity contribution >= 4 is 11.9 Å². The molecule has 1 aromatic rings. The van der Waals surface area contributed by atoms with Crippen LogP contribution in [0.4, 0.5) is 4.79 Å². The van der Waals surface area contributed by atoms with E-state index >= 15 is 0 Å². The largest absolute Gasteiger partial charge is 0.444 e. The van der Waals surface area contributed by atoms with Crippen LogP contribution >= 0.6 is 0 Å². The van der Waals surface area contributed by atoms with Gasteiger partial charge in [0.25, 0.3) is 0 Å². The van der Waals surface area contributed by atoms with Gasteiger partial charge in [0.2, 0.25) is 0 Å². The fourth-order valence-electron chi connectivity index (χ4n) is 2.30. The zero-order valence-electron chi connectivity index (χ0n) is 16.0. The van der Waals surface area contributed by atoms with Crippen molar-refractivity contribution in [3.63, 3.8) is 0 Å². The maximum absolute atomic E-state index is 12.5. The Morgan fingerprint density at radius 1 is 1.16 bits per heavy atom. The van der Waals surface area contributed by atoms with Crippen LogP contribution in [0.25, 0.3) is 0 Å². The molecule has 2 atom stereocenters. The lowest BCUT2D eigenvalue weighted by molar-refractivity contribution is -0.125. The molecule has 25 heavy (non-hydrogen) atoms. The number of unbranched alkanes of at least 4 members (excludes halogenated alkanes) is 1. The Labute approximate surface area is 151 Å². The first-order valence-electron chi connectivity index (χ1n) is 8.90. The highest BCUT2D eigenvalue weighted by Crippen LogP contribution is 2.12. The van der Waals surface area contributed by atoms with Gasteiger partial charge in [0.05, 0.1) is 12.7 Å². The first kappa shape index (κ1) is 21.2. The lowest BCUT2D eigenvalue weighted by Gasteiger charge is -2.26. The lowest BCUT2D eigenvalue weighted by Crippen LogP contribution is -2.50. The number of ether oxygens (including phenoxy) is 2. The highest BCUT2D eigenvalue weighted by molar-refractivity contribution is 5.88. The van der Waals surface area contributed by atoms with E-state index in [-0.39, 0.29) is 5.78 Å². The van der Waals surface area contributed by atoms with E-state index in [1.807, 2.05) is 37.3 Å². The van der Waals surface area contributed by atoms with Gasteiger partial charge in [-0.1, -0.05) is 43.7 Å². The maximum Gasteiger partial charge on any atom is 0.408 e. The lowest BCUT2D eigenvalue weighted by atomic mass is 10.0. The number of Topliss-reactive ketones (excluding diaryl/α,β-unsaturated/α-hetero) is 1. The number of ketones is 1. The van der Waals surface area contributed by atoms with E-state index in [4.69, 9.17) is 9.47 Å². The highest BCUT2D eigenvalue weighted by Gasteiger charge is 2.29. The van der Waals surface area contributed by atoms with Gasteiger partial charge in [-0.05, 0) is 39.7 Å². The molecule has 0 saturated carbocycles. The molecule has 0 aliphatic carbocycles. The number of rotatable bonds is 9. The van der Waals surface area contributed by atoms with Crippen LogP contribution in [0, 0.1) is 0 Å². The van der Waals surface area contributed by atoms with Crippen molar-refractivity contribution in [2.24, 2.45) is 0 Å². The Bertz CT molecular complexity index is 536. The number of hydrogen-bond acceptors (Lipinski definition) is 4. The van der Waals surface area contributed by atoms with Crippen LogP contribution in [0.5, 0.6) is 0 Å². The average Bonchev–Trinajstić information content (AvgIpc) is 2.54. The molecule has 1 aromatic carbocycles. The summed E-state index contributed by atoms with van der Waals surface area (Å²) in [5.41, 5.74) is 0.404. The van der Waals surface area contributed by atoms with E-state index in [2.05, 4.69) is 5.32 Å². The van der Waals surface area contributed by atoms with Crippen molar-refractivity contribution in [3.8, 4) is 0 Å². The van der Waals surface area contributed by atoms with E-state index in [0.717, 1.165) is 18.4 Å². The predicted octanol–water partition coefficient (Wildman–Crippen LogP) is 4.24. The van der Waals surface area contributed by atoms with E-state index < -0.39 is 23.8 Å². The van der Waals surface area contributed by atoms with Crippen LogP contribution in [0.1, 0.15) is 59.4 Å². The van der Waals surface area contributed by atoms with Gasteiger partial charge >= 0.3 is 6.09 Å². The van der Waals surface area contributed by atoms with Gasteiger partial charge in [-0.3, -0.25) is 4.79 Å². The summed E-state index contributed by atoms with van der Waals surface area (Å²) in [7, 11) is 0. The van der Waals surface area contributed by atoms with Crippen LogP contribution in [-0.4, -0.2) is 29.6 Å². The van der Waals surface area contributed by atoms with Crippen LogP contribution < -0.4 is 5.32 Å². The Hall–Kier alpha value is -1.88. The zero-order chi connectivity index (χ0) is 18.9. The van der Waals surface area contributed by atoms with Gasteiger partial charge in [0, 0.05) is 6.42 Å². The number of carbonyl (C=O) groups excluding carboxylic acids is 2. The van der Waals surface area contributed by atoms with Crippen LogP contribution in [0.15, 0.2) is 30.3 Å². The second kappa shape index (κ2) is 10.2. The van der Waals surface area contributed by atoms with Gasteiger partial charge < -0.3 is 14.8 Å². The molecule has 0 aliphatic rings. The molecule has 1 N–H and O–H groups in total. The molecule has 0 aliphatic heterocycles. The van der Waals surface area contributed by atoms with Crippen molar-refractivity contribution in [2.45, 2.75) is 78.2 Å². The van der Waals surface area contributed by atoms with Crippen molar-refractivity contribution in [1.29, 1.82) is 0 Å². The topological polar surface area (TPSA) is 64.6 Å². The molecule has 0 spiro atoms. The summed E-state index contributed by atoms with van der Waals surface area (Å²) >= 11 is 0. The van der Waals surface area contributed by atoms with Gasteiger partial charge in [-0.15, -0.1) is 0 Å². The molecule has 2 unspecified atom stereocenters. The van der Waals surface area contributed by atoms with Gasteiger partial charge in [-0.25, -0.2) is 4.79 Å². The second-order valence-corrected chi connectivity index (χ2v) is 7.20. The number of benzene rings is 1. The highest BCUT2D eigenvalue weighted by atomic mass is 16.6. The van der Waals surface area contributed by atoms with E-state index in [1.54, 1.807) is 27.7 Å². The summed E-state index contributed by atoms with van der Waals surface area (Å²) in [5, 5.41) is 2.68. The molecular weight excluding hydrogens is 318 g/mol. The Morgan fingerprint density at radius 3 is 2.36 bits per heavy atom. The standard InChI is InChI=1S/C20H31NO4/c1-6-7-13-17(22)18(21-19(23)25-20(3,4)5)15(2)24-14-16-11-9-8-10-12-16/h8-12,15,18H,6-7,13-14H2,1-5H3,(H,21,23). The van der Waals surface area contributed by atoms with Gasteiger partial charge in [-0.2, -0.15) is 0 Å². The SMILES string of the molecule is CCCCC(=O)C(NC(=O)OC(C)(C)C)C(C)OCc1ccccc1. The minimum atomic E-state index is -0.717. The molecule has 0 fully saturated rings. The monoisotopic (exact) mass is 349 g/mol. The molecule has 0 saturated heterocycles. The average molecular weight is 349 g/mol. The third kappa shape index (κ3) is 8.68. The quantitative estimate of drug-likeness (QED) is 0.724. The maximum atomic E-state index is 12.5. The smallest absolute Gasteiger partial charge is 0.408 e. The molecule has 0 aromatic heterocycles. The molecule has 140 valence electrons. The minimum absolute atomic E-state index is 0.0340. The molecule has 1 rings (SSSR count). The van der Waals surface area contributed by atoms with E-state index in [1.165, 1.54) is 0 Å². The van der Waals surface area contributed by atoms with Crippen molar-refractivity contribution in [3.05, 3.63) is 35.9 Å². The second-order valence-electron chi connectivity index (χ2n) is 7.20. The fraction of sp³-hybridized carbons (Fsp3) is 0.600. The third-order valence-electron chi connectivity index (χ3n) is 3.62. The first-order chi connectivity index (χ1) is 11.7. The summed E-state index contributed by atoms with van der Waals surface area (Å²) in [6.07, 6.45) is 1.08. The van der Waals surface area contributed by atoms with Crippen LogP contribution in [0.2, 0.25) is 0 Å². The Balaban J connectivity index is 2.71. The molecule has 0 radical (unpaired) electrons. The van der Waals surface area contributed by atoms with E-state index in [9.17, 15) is 9.59 Å². The minimum Gasteiger partial charge on any atom is -0.444 e. The fourth-order valence-corrected chi connectivity index (χ4v) is 2.30. The van der Waals surface area contributed by atoms with E-state index in [0.29, 0.717) is 13.0 Å². The van der Waals surface area contributed by atoms with Crippen molar-refractivity contribution in [1.82, 2.24) is 5.32 Å². The third-order valence-corrected chi connectivity index (χ3v) is 3.62. The van der Waals surface area contributed by atoms with Crippen molar-refractivity contribution in [2.75, 3.05) is 0 Å². The summed E-state index contributed by atoms with van der Waals surface area (Å²) in [6.45, 7) is 9.57. The molecular formula is C20H31NO4. The normalized spacial score (nSPS) is 13.8. The summed E-state index contributed by atoms with van der Waals surface area (Å²) in [5.74, 6) is -0.0340. The van der Waals surface area contributed by atoms with Crippen LogP contribution in [0.3, 0.4) is 0 Å². The Kier molecular flexibility index (Phi) is 8.62.